The second kappa shape index (κ2) is 6.54. The summed E-state index contributed by atoms with van der Waals surface area (Å²) in [6, 6.07) is 4.20. The van der Waals surface area contributed by atoms with E-state index in [0.717, 1.165) is 0 Å². The van der Waals surface area contributed by atoms with E-state index in [4.69, 9.17) is 4.74 Å². The number of ether oxygens (including phenoxy) is 1. The molecule has 132 valence electrons. The number of nitrogens with zero attached hydrogens (tertiary/aromatic N) is 3. The standard InChI is InChI=1S/C16H23N3O5/c1-11-10-17(7-8-18(11)15(21)24-16(2,3)4)12-5-6-13(19(22)23)14(20)9-12/h5-6,9,11,20H,7-8,10H2,1-4H3. The average molecular weight is 337 g/mol. The maximum atomic E-state index is 12.2. The predicted molar refractivity (Wildman–Crippen MR) is 89.4 cm³/mol. The van der Waals surface area contributed by atoms with Crippen molar-refractivity contribution in [2.45, 2.75) is 39.3 Å². The number of nitro groups is 1. The zero-order valence-corrected chi connectivity index (χ0v) is 14.4. The number of nitro benzene ring substituents is 1. The maximum absolute atomic E-state index is 12.2. The molecule has 1 aromatic carbocycles. The van der Waals surface area contributed by atoms with Crippen LogP contribution in [0.25, 0.3) is 0 Å². The number of phenols is 1. The monoisotopic (exact) mass is 337 g/mol. The molecule has 0 aliphatic carbocycles. The van der Waals surface area contributed by atoms with E-state index in [1.807, 2.05) is 32.6 Å². The molecular weight excluding hydrogens is 314 g/mol. The minimum atomic E-state index is -0.623. The van der Waals surface area contributed by atoms with Crippen LogP contribution in [-0.4, -0.2) is 52.3 Å². The summed E-state index contributed by atoms with van der Waals surface area (Å²) in [5.74, 6) is -0.361. The number of rotatable bonds is 2. The van der Waals surface area contributed by atoms with Gasteiger partial charge >= 0.3 is 11.8 Å². The zero-order chi connectivity index (χ0) is 18.1. The lowest BCUT2D eigenvalue weighted by molar-refractivity contribution is -0.385. The molecule has 1 unspecified atom stereocenters. The van der Waals surface area contributed by atoms with Gasteiger partial charge in [0.2, 0.25) is 0 Å². The molecule has 1 aliphatic rings. The molecule has 1 saturated heterocycles. The molecule has 1 aromatic rings. The summed E-state index contributed by atoms with van der Waals surface area (Å²) < 4.78 is 5.40. The van der Waals surface area contributed by atoms with E-state index in [1.54, 1.807) is 11.0 Å². The molecule has 1 N–H and O–H groups in total. The van der Waals surface area contributed by atoms with Gasteiger partial charge in [-0.15, -0.1) is 0 Å². The van der Waals surface area contributed by atoms with Gasteiger partial charge in [0.15, 0.2) is 5.75 Å². The first-order valence-corrected chi connectivity index (χ1v) is 7.80. The second-order valence-corrected chi connectivity index (χ2v) is 6.90. The summed E-state index contributed by atoms with van der Waals surface area (Å²) in [7, 11) is 0. The van der Waals surface area contributed by atoms with E-state index < -0.39 is 10.5 Å². The molecule has 0 bridgehead atoms. The van der Waals surface area contributed by atoms with Gasteiger partial charge in [-0.25, -0.2) is 4.79 Å². The molecule has 24 heavy (non-hydrogen) atoms. The predicted octanol–water partition coefficient (Wildman–Crippen LogP) is 2.75. The quantitative estimate of drug-likeness (QED) is 0.658. The summed E-state index contributed by atoms with van der Waals surface area (Å²) in [5.41, 5.74) is -0.175. The van der Waals surface area contributed by atoms with E-state index in [2.05, 4.69) is 0 Å². The van der Waals surface area contributed by atoms with Crippen LogP contribution >= 0.6 is 0 Å². The fourth-order valence-electron chi connectivity index (χ4n) is 2.65. The fraction of sp³-hybridized carbons (Fsp3) is 0.562. The van der Waals surface area contributed by atoms with E-state index in [9.17, 15) is 20.0 Å². The van der Waals surface area contributed by atoms with Gasteiger partial charge < -0.3 is 19.6 Å². The highest BCUT2D eigenvalue weighted by Gasteiger charge is 2.31. The first-order chi connectivity index (χ1) is 11.1. The zero-order valence-electron chi connectivity index (χ0n) is 14.4. The Kier molecular flexibility index (Phi) is 4.86. The molecule has 0 aromatic heterocycles. The molecule has 1 fully saturated rings. The molecule has 0 spiro atoms. The lowest BCUT2D eigenvalue weighted by Crippen LogP contribution is -2.55. The number of benzene rings is 1. The van der Waals surface area contributed by atoms with Crippen LogP contribution in [0.3, 0.4) is 0 Å². The molecule has 1 atom stereocenters. The highest BCUT2D eigenvalue weighted by Crippen LogP contribution is 2.31. The van der Waals surface area contributed by atoms with Gasteiger partial charge in [-0.2, -0.15) is 0 Å². The van der Waals surface area contributed by atoms with Crippen LogP contribution in [-0.2, 0) is 4.74 Å². The van der Waals surface area contributed by atoms with Gasteiger partial charge in [0, 0.05) is 43.5 Å². The molecule has 1 aliphatic heterocycles. The third-order valence-electron chi connectivity index (χ3n) is 3.78. The normalized spacial score (nSPS) is 18.4. The Hall–Kier alpha value is -2.51. The highest BCUT2D eigenvalue weighted by atomic mass is 16.6. The van der Waals surface area contributed by atoms with Crippen molar-refractivity contribution in [2.75, 3.05) is 24.5 Å². The van der Waals surface area contributed by atoms with Gasteiger partial charge in [0.1, 0.15) is 5.60 Å². The van der Waals surface area contributed by atoms with Crippen molar-refractivity contribution in [2.24, 2.45) is 0 Å². The van der Waals surface area contributed by atoms with Crippen LogP contribution in [0.1, 0.15) is 27.7 Å². The van der Waals surface area contributed by atoms with Crippen LogP contribution in [0.4, 0.5) is 16.2 Å². The molecule has 0 saturated carbocycles. The third-order valence-corrected chi connectivity index (χ3v) is 3.78. The molecule has 0 radical (unpaired) electrons. The largest absolute Gasteiger partial charge is 0.502 e. The van der Waals surface area contributed by atoms with Gasteiger partial charge in [0.25, 0.3) is 0 Å². The highest BCUT2D eigenvalue weighted by molar-refractivity contribution is 5.69. The van der Waals surface area contributed by atoms with Gasteiger partial charge in [-0.1, -0.05) is 0 Å². The van der Waals surface area contributed by atoms with E-state index in [-0.39, 0.29) is 23.6 Å². The van der Waals surface area contributed by atoms with Crippen molar-refractivity contribution in [3.63, 3.8) is 0 Å². The summed E-state index contributed by atoms with van der Waals surface area (Å²) >= 11 is 0. The van der Waals surface area contributed by atoms with Crippen molar-refractivity contribution >= 4 is 17.5 Å². The van der Waals surface area contributed by atoms with Crippen molar-refractivity contribution in [3.8, 4) is 5.75 Å². The Labute approximate surface area is 140 Å². The number of amides is 1. The topological polar surface area (TPSA) is 96.1 Å². The summed E-state index contributed by atoms with van der Waals surface area (Å²) in [6.45, 7) is 8.98. The number of hydrogen-bond donors (Lipinski definition) is 1. The first kappa shape index (κ1) is 17.8. The van der Waals surface area contributed by atoms with Gasteiger partial charge in [0.05, 0.1) is 4.92 Å². The number of anilines is 1. The number of phenolic OH excluding ortho intramolecular Hbond substituents is 1. The van der Waals surface area contributed by atoms with Crippen LogP contribution in [0.15, 0.2) is 18.2 Å². The van der Waals surface area contributed by atoms with Crippen molar-refractivity contribution < 1.29 is 19.6 Å². The van der Waals surface area contributed by atoms with Gasteiger partial charge in [-0.3, -0.25) is 10.1 Å². The fourth-order valence-corrected chi connectivity index (χ4v) is 2.65. The van der Waals surface area contributed by atoms with E-state index in [1.165, 1.54) is 12.1 Å². The van der Waals surface area contributed by atoms with Crippen LogP contribution < -0.4 is 4.90 Å². The van der Waals surface area contributed by atoms with Crippen LogP contribution in [0, 0.1) is 10.1 Å². The molecule has 8 nitrogen and oxygen atoms in total. The molecular formula is C16H23N3O5. The van der Waals surface area contributed by atoms with Crippen molar-refractivity contribution in [1.29, 1.82) is 0 Å². The van der Waals surface area contributed by atoms with E-state index >= 15 is 0 Å². The Morgan fingerprint density at radius 3 is 2.54 bits per heavy atom. The summed E-state index contributed by atoms with van der Waals surface area (Å²) in [4.78, 5) is 26.0. The minimum Gasteiger partial charge on any atom is -0.502 e. The summed E-state index contributed by atoms with van der Waals surface area (Å²) in [5, 5.41) is 20.5. The van der Waals surface area contributed by atoms with Crippen molar-refractivity contribution in [3.05, 3.63) is 28.3 Å². The Bertz CT molecular complexity index is 641. The second-order valence-electron chi connectivity index (χ2n) is 6.90. The molecule has 8 heteroatoms. The molecule has 1 amide bonds. The minimum absolute atomic E-state index is 0.0778. The number of carbonyl (C=O) groups is 1. The van der Waals surface area contributed by atoms with E-state index in [0.29, 0.717) is 25.3 Å². The van der Waals surface area contributed by atoms with Crippen molar-refractivity contribution in [1.82, 2.24) is 4.90 Å². The molecule has 1 heterocycles. The lowest BCUT2D eigenvalue weighted by Gasteiger charge is -2.41. The maximum Gasteiger partial charge on any atom is 0.410 e. The lowest BCUT2D eigenvalue weighted by atomic mass is 10.1. The number of aromatic hydroxyl groups is 1. The number of piperazine rings is 1. The Morgan fingerprint density at radius 1 is 1.38 bits per heavy atom. The SMILES string of the molecule is CC1CN(c2ccc([N+](=O)[O-])c(O)c2)CCN1C(=O)OC(C)(C)C. The van der Waals surface area contributed by atoms with Crippen LogP contribution in [0.2, 0.25) is 0 Å². The first-order valence-electron chi connectivity index (χ1n) is 7.80. The van der Waals surface area contributed by atoms with Crippen LogP contribution in [0.5, 0.6) is 5.75 Å². The Balaban J connectivity index is 2.07. The molecule has 2 rings (SSSR count). The number of hydrogen-bond acceptors (Lipinski definition) is 6. The third kappa shape index (κ3) is 4.06. The summed E-state index contributed by atoms with van der Waals surface area (Å²) in [6.07, 6.45) is -0.346. The Morgan fingerprint density at radius 2 is 2.04 bits per heavy atom. The smallest absolute Gasteiger partial charge is 0.410 e. The van der Waals surface area contributed by atoms with Gasteiger partial charge in [-0.05, 0) is 33.8 Å². The average Bonchev–Trinajstić information content (AvgIpc) is 2.44. The number of carbonyl (C=O) groups excluding carboxylic acids is 1.